The fourth-order valence-corrected chi connectivity index (χ4v) is 2.53. The molecule has 1 N–H and O–H groups in total. The van der Waals surface area contributed by atoms with Gasteiger partial charge in [0.15, 0.2) is 11.5 Å². The Balaban J connectivity index is 2.12. The first-order valence-corrected chi connectivity index (χ1v) is 8.54. The van der Waals surface area contributed by atoms with Gasteiger partial charge in [0.2, 0.25) is 5.75 Å². The Kier molecular flexibility index (Phi) is 6.45. The van der Waals surface area contributed by atoms with E-state index in [0.717, 1.165) is 0 Å². The van der Waals surface area contributed by atoms with Crippen LogP contribution < -0.4 is 19.6 Å². The number of hydrogen-bond donors (Lipinski definition) is 1. The number of carbonyl (C=O) groups excluding carboxylic acids is 1. The van der Waals surface area contributed by atoms with E-state index in [2.05, 4.69) is 31.3 Å². The predicted molar refractivity (Wildman–Crippen MR) is 106 cm³/mol. The van der Waals surface area contributed by atoms with Crippen molar-refractivity contribution in [1.29, 1.82) is 0 Å². The molecule has 0 aliphatic heterocycles. The molecular weight excluding hydrogens is 344 g/mol. The predicted octanol–water partition coefficient (Wildman–Crippen LogP) is 3.77. The Morgan fingerprint density at radius 1 is 0.963 bits per heavy atom. The van der Waals surface area contributed by atoms with Crippen LogP contribution in [0.5, 0.6) is 17.2 Å². The highest BCUT2D eigenvalue weighted by atomic mass is 16.5. The molecule has 2 rings (SSSR count). The summed E-state index contributed by atoms with van der Waals surface area (Å²) in [5.74, 6) is 1.25. The molecule has 0 fully saturated rings. The number of hydrazone groups is 1. The summed E-state index contributed by atoms with van der Waals surface area (Å²) in [5.41, 5.74) is 4.98. The van der Waals surface area contributed by atoms with Gasteiger partial charge in [0.25, 0.3) is 5.91 Å². The molecule has 27 heavy (non-hydrogen) atoms. The molecular formula is C21H26N2O4. The third-order valence-corrected chi connectivity index (χ3v) is 4.08. The van der Waals surface area contributed by atoms with E-state index in [9.17, 15) is 4.79 Å². The molecule has 6 heteroatoms. The Bertz CT molecular complexity index is 796. The molecule has 1 amide bonds. The zero-order chi connectivity index (χ0) is 20.0. The van der Waals surface area contributed by atoms with Gasteiger partial charge in [-0.1, -0.05) is 32.9 Å². The summed E-state index contributed by atoms with van der Waals surface area (Å²) in [6.07, 6.45) is 1.52. The topological polar surface area (TPSA) is 69.2 Å². The molecule has 0 saturated carbocycles. The van der Waals surface area contributed by atoms with E-state index < -0.39 is 0 Å². The van der Waals surface area contributed by atoms with E-state index in [0.29, 0.717) is 28.4 Å². The number of nitrogens with one attached hydrogen (secondary N) is 1. The second-order valence-corrected chi connectivity index (χ2v) is 6.99. The average Bonchev–Trinajstić information content (AvgIpc) is 2.66. The van der Waals surface area contributed by atoms with Crippen molar-refractivity contribution >= 4 is 12.1 Å². The van der Waals surface area contributed by atoms with E-state index in [4.69, 9.17) is 14.2 Å². The smallest absolute Gasteiger partial charge is 0.271 e. The number of methoxy groups -OCH3 is 3. The summed E-state index contributed by atoms with van der Waals surface area (Å²) in [6.45, 7) is 6.39. The minimum atomic E-state index is -0.279. The quantitative estimate of drug-likeness (QED) is 0.621. The molecule has 0 aromatic heterocycles. The van der Waals surface area contributed by atoms with Gasteiger partial charge in [-0.25, -0.2) is 5.43 Å². The summed E-state index contributed by atoms with van der Waals surface area (Å²) in [7, 11) is 4.63. The van der Waals surface area contributed by atoms with Gasteiger partial charge in [0.1, 0.15) is 0 Å². The zero-order valence-corrected chi connectivity index (χ0v) is 16.6. The number of benzene rings is 2. The summed E-state index contributed by atoms with van der Waals surface area (Å²) < 4.78 is 15.9. The lowest BCUT2D eigenvalue weighted by molar-refractivity contribution is 0.0955. The Hall–Kier alpha value is -3.02. The van der Waals surface area contributed by atoms with Crippen LogP contribution in [-0.4, -0.2) is 33.5 Å². The zero-order valence-electron chi connectivity index (χ0n) is 16.6. The van der Waals surface area contributed by atoms with E-state index >= 15 is 0 Å². The number of ether oxygens (including phenoxy) is 3. The van der Waals surface area contributed by atoms with Crippen LogP contribution >= 0.6 is 0 Å². The molecule has 0 bridgehead atoms. The van der Waals surface area contributed by atoms with Crippen LogP contribution in [0.2, 0.25) is 0 Å². The SMILES string of the molecule is COc1cc(C=NNC(=O)c2ccc(C(C)(C)C)cc2)cc(OC)c1OC. The summed E-state index contributed by atoms with van der Waals surface area (Å²) in [5, 5.41) is 4.02. The maximum atomic E-state index is 12.2. The summed E-state index contributed by atoms with van der Waals surface area (Å²) in [6, 6.07) is 11.0. The number of rotatable bonds is 6. The first-order valence-electron chi connectivity index (χ1n) is 8.54. The molecule has 2 aromatic rings. The van der Waals surface area contributed by atoms with Gasteiger partial charge in [0, 0.05) is 11.1 Å². The fourth-order valence-electron chi connectivity index (χ4n) is 2.53. The molecule has 0 radical (unpaired) electrons. The Labute approximate surface area is 160 Å². The maximum absolute atomic E-state index is 12.2. The highest BCUT2D eigenvalue weighted by Crippen LogP contribution is 2.37. The molecule has 144 valence electrons. The average molecular weight is 370 g/mol. The molecule has 0 heterocycles. The van der Waals surface area contributed by atoms with Gasteiger partial charge in [-0.15, -0.1) is 0 Å². The lowest BCUT2D eigenvalue weighted by atomic mass is 9.87. The van der Waals surface area contributed by atoms with Gasteiger partial charge in [-0.3, -0.25) is 4.79 Å². The highest BCUT2D eigenvalue weighted by molar-refractivity contribution is 5.95. The molecule has 0 spiro atoms. The molecule has 6 nitrogen and oxygen atoms in total. The molecule has 2 aromatic carbocycles. The Morgan fingerprint density at radius 2 is 1.52 bits per heavy atom. The van der Waals surface area contributed by atoms with Crippen molar-refractivity contribution in [3.8, 4) is 17.2 Å². The van der Waals surface area contributed by atoms with Crippen molar-refractivity contribution in [1.82, 2.24) is 5.43 Å². The molecule has 0 saturated heterocycles. The van der Waals surface area contributed by atoms with Crippen molar-refractivity contribution in [3.05, 3.63) is 53.1 Å². The van der Waals surface area contributed by atoms with Crippen LogP contribution in [0.1, 0.15) is 42.3 Å². The van der Waals surface area contributed by atoms with Crippen molar-refractivity contribution in [3.63, 3.8) is 0 Å². The normalized spacial score (nSPS) is 11.3. The first kappa shape index (κ1) is 20.3. The Morgan fingerprint density at radius 3 is 1.96 bits per heavy atom. The minimum Gasteiger partial charge on any atom is -0.493 e. The summed E-state index contributed by atoms with van der Waals surface area (Å²) >= 11 is 0. The van der Waals surface area contributed by atoms with Gasteiger partial charge < -0.3 is 14.2 Å². The summed E-state index contributed by atoms with van der Waals surface area (Å²) in [4.78, 5) is 12.2. The van der Waals surface area contributed by atoms with Gasteiger partial charge in [-0.2, -0.15) is 5.10 Å². The lowest BCUT2D eigenvalue weighted by Crippen LogP contribution is -2.18. The van der Waals surface area contributed by atoms with Crippen LogP contribution in [0.3, 0.4) is 0 Å². The van der Waals surface area contributed by atoms with Crippen molar-refractivity contribution < 1.29 is 19.0 Å². The van der Waals surface area contributed by atoms with Gasteiger partial charge in [-0.05, 0) is 35.2 Å². The largest absolute Gasteiger partial charge is 0.493 e. The van der Waals surface area contributed by atoms with Gasteiger partial charge in [0.05, 0.1) is 27.5 Å². The van der Waals surface area contributed by atoms with E-state index in [1.54, 1.807) is 45.6 Å². The molecule has 0 aliphatic carbocycles. The third-order valence-electron chi connectivity index (χ3n) is 4.08. The van der Waals surface area contributed by atoms with Crippen LogP contribution in [0.15, 0.2) is 41.5 Å². The standard InChI is InChI=1S/C21H26N2O4/c1-21(2,3)16-9-7-15(8-10-16)20(24)23-22-13-14-11-17(25-4)19(27-6)18(12-14)26-5/h7-13H,1-6H3,(H,23,24). The highest BCUT2D eigenvalue weighted by Gasteiger charge is 2.14. The van der Waals surface area contributed by atoms with E-state index in [1.807, 2.05) is 12.1 Å². The van der Waals surface area contributed by atoms with Crippen molar-refractivity contribution in [2.24, 2.45) is 5.10 Å². The van der Waals surface area contributed by atoms with E-state index in [-0.39, 0.29) is 11.3 Å². The van der Waals surface area contributed by atoms with Crippen molar-refractivity contribution in [2.75, 3.05) is 21.3 Å². The molecule has 0 aliphatic rings. The first-order chi connectivity index (χ1) is 12.8. The third kappa shape index (κ3) is 5.00. The second-order valence-electron chi connectivity index (χ2n) is 6.99. The van der Waals surface area contributed by atoms with Crippen LogP contribution in [0, 0.1) is 0 Å². The maximum Gasteiger partial charge on any atom is 0.271 e. The number of hydrogen-bond acceptors (Lipinski definition) is 5. The number of amides is 1. The molecule has 0 atom stereocenters. The number of nitrogens with zero attached hydrogens (tertiary/aromatic N) is 1. The van der Waals surface area contributed by atoms with Crippen LogP contribution in [0.4, 0.5) is 0 Å². The number of carbonyl (C=O) groups is 1. The van der Waals surface area contributed by atoms with Crippen LogP contribution in [-0.2, 0) is 5.41 Å². The minimum absolute atomic E-state index is 0.0413. The fraction of sp³-hybridized carbons (Fsp3) is 0.333. The monoisotopic (exact) mass is 370 g/mol. The lowest BCUT2D eigenvalue weighted by Gasteiger charge is -2.18. The van der Waals surface area contributed by atoms with Crippen molar-refractivity contribution in [2.45, 2.75) is 26.2 Å². The van der Waals surface area contributed by atoms with Gasteiger partial charge >= 0.3 is 0 Å². The second kappa shape index (κ2) is 8.58. The molecule has 0 unspecified atom stereocenters. The van der Waals surface area contributed by atoms with E-state index in [1.165, 1.54) is 11.8 Å². The van der Waals surface area contributed by atoms with Crippen LogP contribution in [0.25, 0.3) is 0 Å².